The van der Waals surface area contributed by atoms with Crippen LogP contribution in [0.1, 0.15) is 32.9 Å². The van der Waals surface area contributed by atoms with E-state index in [0.29, 0.717) is 0 Å². The Kier molecular flexibility index (Phi) is 0.571. The van der Waals surface area contributed by atoms with Crippen molar-refractivity contribution in [2.24, 2.45) is 0 Å². The molecule has 1 aliphatic heterocycles. The smallest absolute Gasteiger partial charge is 0.0603 e. The van der Waals surface area contributed by atoms with Gasteiger partial charge in [0.25, 0.3) is 0 Å². The van der Waals surface area contributed by atoms with Crippen LogP contribution in [-0.2, 0) is 4.74 Å². The second-order valence-corrected chi connectivity index (χ2v) is 1.37. The number of hydrogen-bond acceptors (Lipinski definition) is 1. The summed E-state index contributed by atoms with van der Waals surface area (Å²) in [6.07, 6.45) is -5.85. The molecule has 1 saturated heterocycles. The molecule has 0 aromatic rings. The molecule has 0 aromatic carbocycles. The van der Waals surface area contributed by atoms with Crippen LogP contribution >= 0.6 is 0 Å². The maximum absolute atomic E-state index is 7.55. The van der Waals surface area contributed by atoms with Crippen molar-refractivity contribution in [1.29, 1.82) is 0 Å². The van der Waals surface area contributed by atoms with E-state index < -0.39 is 18.8 Å². The van der Waals surface area contributed by atoms with Crippen LogP contribution < -0.4 is 0 Å². The third-order valence-electron chi connectivity index (χ3n) is 0.867. The molecule has 0 saturated carbocycles. The first-order chi connectivity index (χ1) is 5.27. The first-order valence-corrected chi connectivity index (χ1v) is 2.41. The monoisotopic (exact) mass is 105 g/mol. The van der Waals surface area contributed by atoms with Gasteiger partial charge in [0.05, 0.1) is 7.45 Å². The highest BCUT2D eigenvalue weighted by atomic mass is 16.5. The van der Waals surface area contributed by atoms with Crippen LogP contribution in [0.3, 0.4) is 0 Å². The average molecular weight is 105 g/mol. The van der Waals surface area contributed by atoms with E-state index in [1.807, 2.05) is 0 Å². The van der Waals surface area contributed by atoms with Crippen LogP contribution in [0.4, 0.5) is 0 Å². The van der Waals surface area contributed by atoms with Crippen LogP contribution in [-0.4, -0.2) is 12.7 Å². The van der Waals surface area contributed by atoms with E-state index in [9.17, 15) is 0 Å². The molecule has 0 amide bonds. The summed E-state index contributed by atoms with van der Waals surface area (Å²) in [6.45, 7) is 1.28. The topological polar surface area (TPSA) is 9.23 Å². The van der Waals surface area contributed by atoms with Crippen molar-refractivity contribution >= 4 is 0 Å². The summed E-state index contributed by atoms with van der Waals surface area (Å²) in [5, 5.41) is 0. The van der Waals surface area contributed by atoms with Crippen LogP contribution in [0.25, 0.3) is 0 Å². The van der Waals surface area contributed by atoms with Crippen molar-refractivity contribution in [3.8, 4) is 0 Å². The Morgan fingerprint density at radius 3 is 3.29 bits per heavy atom. The maximum Gasteiger partial charge on any atom is 0.0603 e. The molecule has 1 heterocycles. The fraction of sp³-hybridized carbons (Fsp3) is 1.00. The van der Waals surface area contributed by atoms with Crippen molar-refractivity contribution in [2.75, 3.05) is 6.61 Å². The quantitative estimate of drug-likeness (QED) is 0.492. The summed E-state index contributed by atoms with van der Waals surface area (Å²) >= 11 is 0. The van der Waals surface area contributed by atoms with Gasteiger partial charge in [0.15, 0.2) is 0 Å². The third-order valence-corrected chi connectivity index (χ3v) is 0.867. The summed E-state index contributed by atoms with van der Waals surface area (Å²) in [6, 6.07) is 0. The van der Waals surface area contributed by atoms with Crippen molar-refractivity contribution in [3.05, 3.63) is 0 Å². The predicted octanol–water partition coefficient (Wildman–Crippen LogP) is 1.58. The van der Waals surface area contributed by atoms with Crippen molar-refractivity contribution in [2.45, 2.75) is 32.2 Å². The fourth-order valence-corrected chi connectivity index (χ4v) is 0.484. The second kappa shape index (κ2) is 2.31. The molecule has 1 aliphatic rings. The molecule has 1 atom stereocenters. The van der Waals surface area contributed by atoms with Gasteiger partial charge in [-0.15, -0.1) is 0 Å². The van der Waals surface area contributed by atoms with Gasteiger partial charge in [-0.2, -0.15) is 0 Å². The lowest BCUT2D eigenvalue weighted by atomic mass is 10.2. The predicted molar refractivity (Wildman–Crippen MR) is 29.3 cm³/mol. The minimum atomic E-state index is -2.23. The molecule has 1 fully saturated rings. The van der Waals surface area contributed by atoms with Crippen molar-refractivity contribution in [3.63, 3.8) is 0 Å². The SMILES string of the molecule is [2H]C1([2H])COC([2H])(CC)C1([2H])[2H]. The molecule has 1 heteroatoms. The van der Waals surface area contributed by atoms with E-state index in [2.05, 4.69) is 0 Å². The van der Waals surface area contributed by atoms with Gasteiger partial charge < -0.3 is 4.74 Å². The normalized spacial score (nSPS) is 66.7. The highest BCUT2D eigenvalue weighted by Gasteiger charge is 2.11. The second-order valence-electron chi connectivity index (χ2n) is 1.37. The lowest BCUT2D eigenvalue weighted by Crippen LogP contribution is -2.00. The van der Waals surface area contributed by atoms with Crippen LogP contribution in [0.5, 0.6) is 0 Å². The van der Waals surface area contributed by atoms with Crippen LogP contribution in [0.2, 0.25) is 0 Å². The Morgan fingerprint density at radius 2 is 3.00 bits per heavy atom. The van der Waals surface area contributed by atoms with Crippen LogP contribution in [0, 0.1) is 0 Å². The van der Waals surface area contributed by atoms with Crippen LogP contribution in [0.15, 0.2) is 0 Å². The van der Waals surface area contributed by atoms with Crippen molar-refractivity contribution < 1.29 is 11.6 Å². The molecule has 0 spiro atoms. The zero-order chi connectivity index (χ0) is 9.62. The molecule has 1 rings (SSSR count). The molecular weight excluding hydrogens is 88.1 g/mol. The van der Waals surface area contributed by atoms with E-state index >= 15 is 0 Å². The molecular formula is C6H12O. The summed E-state index contributed by atoms with van der Waals surface area (Å²) in [5.41, 5.74) is 0. The summed E-state index contributed by atoms with van der Waals surface area (Å²) in [5.74, 6) is 0. The van der Waals surface area contributed by atoms with E-state index in [4.69, 9.17) is 11.6 Å². The highest BCUT2D eigenvalue weighted by Crippen LogP contribution is 2.13. The van der Waals surface area contributed by atoms with Gasteiger partial charge >= 0.3 is 0 Å². The van der Waals surface area contributed by atoms with Gasteiger partial charge in [-0.1, -0.05) is 6.92 Å². The molecule has 1 unspecified atom stereocenters. The summed E-state index contributed by atoms with van der Waals surface area (Å²) < 4.78 is 41.8. The van der Waals surface area contributed by atoms with Gasteiger partial charge in [0, 0.05) is 12.1 Å². The van der Waals surface area contributed by atoms with E-state index in [1.54, 1.807) is 6.92 Å². The Hall–Kier alpha value is -0.0400. The zero-order valence-corrected chi connectivity index (χ0v) is 4.32. The van der Waals surface area contributed by atoms with E-state index in [0.717, 1.165) is 0 Å². The maximum atomic E-state index is 7.55. The number of rotatable bonds is 1. The first kappa shape index (κ1) is 1.73. The van der Waals surface area contributed by atoms with Gasteiger partial charge in [-0.3, -0.25) is 0 Å². The van der Waals surface area contributed by atoms with E-state index in [1.165, 1.54) is 0 Å². The number of hydrogen-bond donors (Lipinski definition) is 0. The third kappa shape index (κ3) is 1.16. The first-order valence-electron chi connectivity index (χ1n) is 4.91. The molecule has 1 nitrogen and oxygen atoms in total. The molecule has 0 aromatic heterocycles. The zero-order valence-electron chi connectivity index (χ0n) is 9.32. The Bertz CT molecular complexity index is 192. The minimum Gasteiger partial charge on any atom is -0.378 e. The largest absolute Gasteiger partial charge is 0.378 e. The standard InChI is InChI=1S/C6H12O/c1-2-6-4-3-5-7-6/h6H,2-5H2,1H3/i3D2,4D2,6D. The summed E-state index contributed by atoms with van der Waals surface area (Å²) in [7, 11) is 0. The lowest BCUT2D eigenvalue weighted by Gasteiger charge is -2.01. The number of ether oxygens (including phenoxy) is 1. The highest BCUT2D eigenvalue weighted by molar-refractivity contribution is 4.60. The molecule has 42 valence electrons. The Morgan fingerprint density at radius 1 is 2.14 bits per heavy atom. The molecule has 0 bridgehead atoms. The van der Waals surface area contributed by atoms with E-state index in [-0.39, 0.29) is 13.0 Å². The molecule has 7 heavy (non-hydrogen) atoms. The van der Waals surface area contributed by atoms with Crippen molar-refractivity contribution in [1.82, 2.24) is 0 Å². The van der Waals surface area contributed by atoms with Gasteiger partial charge in [-0.05, 0) is 19.2 Å². The Balaban J connectivity index is 3.00. The lowest BCUT2D eigenvalue weighted by molar-refractivity contribution is 0.108. The van der Waals surface area contributed by atoms with Gasteiger partial charge in [0.2, 0.25) is 0 Å². The minimum absolute atomic E-state index is 0.152. The van der Waals surface area contributed by atoms with Gasteiger partial charge in [0.1, 0.15) is 0 Å². The summed E-state index contributed by atoms with van der Waals surface area (Å²) in [4.78, 5) is 0. The van der Waals surface area contributed by atoms with Gasteiger partial charge in [-0.25, -0.2) is 0 Å². The Labute approximate surface area is 51.7 Å². The fourth-order valence-electron chi connectivity index (χ4n) is 0.484. The molecule has 0 radical (unpaired) electrons. The average Bonchev–Trinajstić information content (AvgIpc) is 2.12. The molecule has 0 N–H and O–H groups in total. The molecule has 0 aliphatic carbocycles.